The summed E-state index contributed by atoms with van der Waals surface area (Å²) in [7, 11) is 0. The van der Waals surface area contributed by atoms with Crippen molar-refractivity contribution in [3.63, 3.8) is 0 Å². The van der Waals surface area contributed by atoms with Crippen LogP contribution in [0.4, 0.5) is 10.2 Å². The number of anilines is 1. The van der Waals surface area contributed by atoms with Gasteiger partial charge in [-0.25, -0.2) is 14.2 Å². The maximum atomic E-state index is 14.1. The molecule has 2 heterocycles. The molecule has 1 aliphatic heterocycles. The van der Waals surface area contributed by atoms with Crippen LogP contribution in [0, 0.1) is 24.1 Å². The summed E-state index contributed by atoms with van der Waals surface area (Å²) in [6.07, 6.45) is 2.54. The highest BCUT2D eigenvalue weighted by Crippen LogP contribution is 2.28. The number of pyridine rings is 1. The average Bonchev–Trinajstić information content (AvgIpc) is 2.75. The number of hydrogen-bond acceptors (Lipinski definition) is 4. The lowest BCUT2D eigenvalue weighted by molar-refractivity contribution is 0.0691. The number of amides is 1. The van der Waals surface area contributed by atoms with E-state index in [4.69, 9.17) is 5.11 Å². The Kier molecular flexibility index (Phi) is 5.22. The molecule has 0 fully saturated rings. The number of carbonyl (C=O) groups is 2. The topological polar surface area (TPSA) is 94.3 Å². The first-order chi connectivity index (χ1) is 14.9. The van der Waals surface area contributed by atoms with Crippen molar-refractivity contribution in [3.05, 3.63) is 93.4 Å². The van der Waals surface area contributed by atoms with Gasteiger partial charge in [-0.3, -0.25) is 9.69 Å². The Labute approximate surface area is 178 Å². The SMILES string of the molecule is Cc1cc2c(cc1Cc1ccc(C(=O)O)c(F)c1)C(=O)N(c1ncccc1C#N)CC2. The van der Waals surface area contributed by atoms with Crippen LogP contribution < -0.4 is 4.90 Å². The summed E-state index contributed by atoms with van der Waals surface area (Å²) in [4.78, 5) is 30.0. The molecule has 0 bridgehead atoms. The van der Waals surface area contributed by atoms with Gasteiger partial charge in [0.25, 0.3) is 5.91 Å². The molecule has 6 nitrogen and oxygen atoms in total. The third kappa shape index (κ3) is 3.76. The highest BCUT2D eigenvalue weighted by atomic mass is 19.1. The summed E-state index contributed by atoms with van der Waals surface area (Å²) in [5, 5.41) is 18.4. The highest BCUT2D eigenvalue weighted by Gasteiger charge is 2.28. The fraction of sp³-hybridized carbons (Fsp3) is 0.167. The molecule has 154 valence electrons. The average molecular weight is 415 g/mol. The minimum absolute atomic E-state index is 0.231. The van der Waals surface area contributed by atoms with Crippen molar-refractivity contribution < 1.29 is 19.1 Å². The van der Waals surface area contributed by atoms with Crippen LogP contribution in [0.2, 0.25) is 0 Å². The van der Waals surface area contributed by atoms with Gasteiger partial charge in [-0.15, -0.1) is 0 Å². The Morgan fingerprint density at radius 2 is 2.10 bits per heavy atom. The maximum absolute atomic E-state index is 14.1. The predicted molar refractivity (Wildman–Crippen MR) is 112 cm³/mol. The molecule has 0 spiro atoms. The Balaban J connectivity index is 1.68. The lowest BCUT2D eigenvalue weighted by atomic mass is 9.90. The quantitative estimate of drug-likeness (QED) is 0.698. The second kappa shape index (κ2) is 8.00. The molecule has 0 atom stereocenters. The number of rotatable bonds is 4. The van der Waals surface area contributed by atoms with Crippen LogP contribution in [-0.4, -0.2) is 28.5 Å². The van der Waals surface area contributed by atoms with E-state index in [0.717, 1.165) is 16.7 Å². The molecule has 31 heavy (non-hydrogen) atoms. The number of carbonyl (C=O) groups excluding carboxylic acids is 1. The number of carboxylic acid groups (broad SMARTS) is 1. The zero-order valence-electron chi connectivity index (χ0n) is 16.7. The number of halogens is 1. The third-order valence-corrected chi connectivity index (χ3v) is 5.46. The lowest BCUT2D eigenvalue weighted by Crippen LogP contribution is -2.38. The van der Waals surface area contributed by atoms with Gasteiger partial charge in [-0.05, 0) is 72.4 Å². The first-order valence-corrected chi connectivity index (χ1v) is 9.70. The van der Waals surface area contributed by atoms with Crippen molar-refractivity contribution in [1.82, 2.24) is 4.98 Å². The Morgan fingerprint density at radius 3 is 2.81 bits per heavy atom. The molecule has 0 saturated carbocycles. The van der Waals surface area contributed by atoms with E-state index in [1.165, 1.54) is 17.0 Å². The fourth-order valence-corrected chi connectivity index (χ4v) is 3.85. The van der Waals surface area contributed by atoms with Crippen molar-refractivity contribution >= 4 is 17.7 Å². The molecule has 1 aliphatic rings. The lowest BCUT2D eigenvalue weighted by Gasteiger charge is -2.29. The molecule has 1 amide bonds. The number of aromatic carboxylic acids is 1. The van der Waals surface area contributed by atoms with Crippen LogP contribution in [0.1, 0.15) is 48.5 Å². The second-order valence-corrected chi connectivity index (χ2v) is 7.43. The van der Waals surface area contributed by atoms with Gasteiger partial charge >= 0.3 is 5.97 Å². The van der Waals surface area contributed by atoms with Gasteiger partial charge in [-0.1, -0.05) is 12.1 Å². The van der Waals surface area contributed by atoms with Gasteiger partial charge < -0.3 is 5.11 Å². The summed E-state index contributed by atoms with van der Waals surface area (Å²) in [6.45, 7) is 2.36. The van der Waals surface area contributed by atoms with Gasteiger partial charge in [0.15, 0.2) is 5.82 Å². The van der Waals surface area contributed by atoms with Crippen LogP contribution in [-0.2, 0) is 12.8 Å². The predicted octanol–water partition coefficient (Wildman–Crippen LogP) is 3.89. The Hall–Kier alpha value is -4.05. The monoisotopic (exact) mass is 415 g/mol. The summed E-state index contributed by atoms with van der Waals surface area (Å²) >= 11 is 0. The van der Waals surface area contributed by atoms with Gasteiger partial charge in [0.05, 0.1) is 11.1 Å². The van der Waals surface area contributed by atoms with Gasteiger partial charge in [-0.2, -0.15) is 5.26 Å². The number of aromatic nitrogens is 1. The molecule has 4 rings (SSSR count). The number of carboxylic acids is 1. The fourth-order valence-electron chi connectivity index (χ4n) is 3.85. The molecule has 0 saturated heterocycles. The van der Waals surface area contributed by atoms with E-state index >= 15 is 0 Å². The van der Waals surface area contributed by atoms with Gasteiger partial charge in [0, 0.05) is 18.3 Å². The zero-order chi connectivity index (χ0) is 22.1. The van der Waals surface area contributed by atoms with Crippen LogP contribution in [0.3, 0.4) is 0 Å². The third-order valence-electron chi connectivity index (χ3n) is 5.46. The number of nitriles is 1. The summed E-state index contributed by atoms with van der Waals surface area (Å²) in [5.74, 6) is -1.99. The summed E-state index contributed by atoms with van der Waals surface area (Å²) in [5.41, 5.74) is 3.84. The van der Waals surface area contributed by atoms with E-state index in [2.05, 4.69) is 11.1 Å². The van der Waals surface area contributed by atoms with Crippen molar-refractivity contribution in [2.75, 3.05) is 11.4 Å². The van der Waals surface area contributed by atoms with Crippen LogP contribution in [0.25, 0.3) is 0 Å². The Morgan fingerprint density at radius 1 is 1.29 bits per heavy atom. The molecule has 3 aromatic rings. The standard InChI is InChI=1S/C24H18FN3O3/c1-14-9-16-6-8-28(22-17(13-26)3-2-7-27-22)23(29)20(16)12-18(14)10-15-4-5-19(24(30)31)21(25)11-15/h2-5,7,9,11-12H,6,8,10H2,1H3,(H,30,31). The number of benzene rings is 2. The number of hydrogen-bond donors (Lipinski definition) is 1. The molecule has 2 aromatic carbocycles. The number of aryl methyl sites for hydroxylation is 1. The molecule has 1 N–H and O–H groups in total. The smallest absolute Gasteiger partial charge is 0.338 e. The molecule has 0 aliphatic carbocycles. The molecule has 0 radical (unpaired) electrons. The van der Waals surface area contributed by atoms with Crippen LogP contribution in [0.15, 0.2) is 48.7 Å². The summed E-state index contributed by atoms with van der Waals surface area (Å²) in [6, 6.07) is 13.2. The minimum atomic E-state index is -1.31. The van der Waals surface area contributed by atoms with E-state index in [1.54, 1.807) is 30.5 Å². The molecule has 7 heteroatoms. The highest BCUT2D eigenvalue weighted by molar-refractivity contribution is 6.08. The molecule has 1 aromatic heterocycles. The second-order valence-electron chi connectivity index (χ2n) is 7.43. The van der Waals surface area contributed by atoms with E-state index in [9.17, 15) is 19.2 Å². The number of fused-ring (bicyclic) bond motifs is 1. The van der Waals surface area contributed by atoms with E-state index < -0.39 is 11.8 Å². The van der Waals surface area contributed by atoms with Crippen molar-refractivity contribution in [1.29, 1.82) is 5.26 Å². The minimum Gasteiger partial charge on any atom is -0.478 e. The molecular formula is C24H18FN3O3. The summed E-state index contributed by atoms with van der Waals surface area (Å²) < 4.78 is 14.1. The first-order valence-electron chi connectivity index (χ1n) is 9.70. The number of nitrogens with zero attached hydrogens (tertiary/aromatic N) is 3. The maximum Gasteiger partial charge on any atom is 0.338 e. The zero-order valence-corrected chi connectivity index (χ0v) is 16.7. The van der Waals surface area contributed by atoms with Crippen molar-refractivity contribution in [3.8, 4) is 6.07 Å². The van der Waals surface area contributed by atoms with Crippen LogP contribution in [0.5, 0.6) is 0 Å². The molecular weight excluding hydrogens is 397 g/mol. The van der Waals surface area contributed by atoms with Gasteiger partial charge in [0.2, 0.25) is 0 Å². The normalized spacial score (nSPS) is 12.9. The van der Waals surface area contributed by atoms with E-state index in [0.29, 0.717) is 41.9 Å². The Bertz CT molecular complexity index is 1260. The first kappa shape index (κ1) is 20.2. The van der Waals surface area contributed by atoms with E-state index in [-0.39, 0.29) is 11.5 Å². The van der Waals surface area contributed by atoms with Crippen molar-refractivity contribution in [2.45, 2.75) is 19.8 Å². The van der Waals surface area contributed by atoms with Crippen LogP contribution >= 0.6 is 0 Å². The van der Waals surface area contributed by atoms with Crippen molar-refractivity contribution in [2.24, 2.45) is 0 Å². The molecule has 0 unspecified atom stereocenters. The van der Waals surface area contributed by atoms with Gasteiger partial charge in [0.1, 0.15) is 11.9 Å². The largest absolute Gasteiger partial charge is 0.478 e. The van der Waals surface area contributed by atoms with E-state index in [1.807, 2.05) is 13.0 Å².